The summed E-state index contributed by atoms with van der Waals surface area (Å²) in [7, 11) is 3.81. The van der Waals surface area contributed by atoms with Crippen molar-refractivity contribution in [3.63, 3.8) is 0 Å². The number of nitrogens with two attached hydrogens (primary N) is 1. The standard InChI is InChI=1S/C6H14N2O2/c1-5(4-8(2)3)10-6(7)9/h5H,4H2,1-3H3,(H2,7,9). The summed E-state index contributed by atoms with van der Waals surface area (Å²) in [5.74, 6) is 0. The number of rotatable bonds is 3. The minimum atomic E-state index is -0.714. The third-order valence-corrected chi connectivity index (χ3v) is 0.940. The molecule has 0 fully saturated rings. The Balaban J connectivity index is 3.43. The lowest BCUT2D eigenvalue weighted by molar-refractivity contribution is 0.0990. The molecule has 0 aromatic carbocycles. The van der Waals surface area contributed by atoms with E-state index in [0.29, 0.717) is 6.54 Å². The van der Waals surface area contributed by atoms with Crippen molar-refractivity contribution >= 4 is 6.09 Å². The van der Waals surface area contributed by atoms with E-state index in [1.165, 1.54) is 0 Å². The second-order valence-electron chi connectivity index (χ2n) is 2.51. The molecule has 4 heteroatoms. The highest BCUT2D eigenvalue weighted by molar-refractivity contribution is 5.64. The fourth-order valence-corrected chi connectivity index (χ4v) is 0.750. The number of amides is 1. The molecule has 1 atom stereocenters. The first-order chi connectivity index (χ1) is 4.52. The van der Waals surface area contributed by atoms with Gasteiger partial charge in [0, 0.05) is 6.54 Å². The molecule has 0 rings (SSSR count). The lowest BCUT2D eigenvalue weighted by atomic mass is 10.4. The molecule has 60 valence electrons. The molecule has 0 aliphatic carbocycles. The molecule has 1 amide bonds. The quantitative estimate of drug-likeness (QED) is 0.611. The second kappa shape index (κ2) is 4.11. The summed E-state index contributed by atoms with van der Waals surface area (Å²) in [6.45, 7) is 2.49. The lowest BCUT2D eigenvalue weighted by Gasteiger charge is -2.15. The minimum Gasteiger partial charge on any atom is -0.445 e. The molecule has 2 N–H and O–H groups in total. The van der Waals surface area contributed by atoms with Gasteiger partial charge >= 0.3 is 6.09 Å². The van der Waals surface area contributed by atoms with Crippen molar-refractivity contribution in [1.82, 2.24) is 4.90 Å². The first kappa shape index (κ1) is 9.23. The Hall–Kier alpha value is -0.770. The Morgan fingerprint density at radius 1 is 1.70 bits per heavy atom. The number of carbonyl (C=O) groups is 1. The molecule has 0 aliphatic heterocycles. The van der Waals surface area contributed by atoms with Gasteiger partial charge in [0.25, 0.3) is 0 Å². The number of carbonyl (C=O) groups excluding carboxylic acids is 1. The van der Waals surface area contributed by atoms with Gasteiger partial charge in [-0.05, 0) is 21.0 Å². The van der Waals surface area contributed by atoms with Gasteiger partial charge in [0.05, 0.1) is 0 Å². The van der Waals surface area contributed by atoms with Gasteiger partial charge in [0.1, 0.15) is 6.10 Å². The molecule has 0 aromatic rings. The minimum absolute atomic E-state index is 0.132. The highest BCUT2D eigenvalue weighted by Crippen LogP contribution is 1.90. The van der Waals surface area contributed by atoms with E-state index in [-0.39, 0.29) is 6.10 Å². The summed E-state index contributed by atoms with van der Waals surface area (Å²) in [6.07, 6.45) is -0.846. The van der Waals surface area contributed by atoms with E-state index in [1.54, 1.807) is 6.92 Å². The number of hydrogen-bond donors (Lipinski definition) is 1. The first-order valence-electron chi connectivity index (χ1n) is 3.13. The van der Waals surface area contributed by atoms with Crippen LogP contribution in [0.3, 0.4) is 0 Å². The fourth-order valence-electron chi connectivity index (χ4n) is 0.750. The molecule has 0 heterocycles. The van der Waals surface area contributed by atoms with Crippen molar-refractivity contribution in [2.45, 2.75) is 13.0 Å². The van der Waals surface area contributed by atoms with Crippen molar-refractivity contribution in [2.75, 3.05) is 20.6 Å². The van der Waals surface area contributed by atoms with Crippen LogP contribution in [0.4, 0.5) is 4.79 Å². The van der Waals surface area contributed by atoms with Gasteiger partial charge in [-0.15, -0.1) is 0 Å². The third-order valence-electron chi connectivity index (χ3n) is 0.940. The smallest absolute Gasteiger partial charge is 0.404 e. The maximum absolute atomic E-state index is 10.2. The van der Waals surface area contributed by atoms with Crippen LogP contribution in [0.15, 0.2) is 0 Å². The van der Waals surface area contributed by atoms with Crippen molar-refractivity contribution < 1.29 is 9.53 Å². The van der Waals surface area contributed by atoms with E-state index in [2.05, 4.69) is 4.74 Å². The fraction of sp³-hybridized carbons (Fsp3) is 0.833. The number of primary amides is 1. The first-order valence-corrected chi connectivity index (χ1v) is 3.13. The van der Waals surface area contributed by atoms with Crippen LogP contribution in [0.5, 0.6) is 0 Å². The number of ether oxygens (including phenoxy) is 1. The lowest BCUT2D eigenvalue weighted by Crippen LogP contribution is -2.29. The van der Waals surface area contributed by atoms with Gasteiger partial charge in [-0.1, -0.05) is 0 Å². The van der Waals surface area contributed by atoms with Crippen LogP contribution in [-0.2, 0) is 4.74 Å². The Labute approximate surface area is 60.9 Å². The van der Waals surface area contributed by atoms with Gasteiger partial charge in [0.2, 0.25) is 0 Å². The van der Waals surface area contributed by atoms with Crippen molar-refractivity contribution in [3.8, 4) is 0 Å². The Morgan fingerprint density at radius 3 is 2.50 bits per heavy atom. The summed E-state index contributed by atoms with van der Waals surface area (Å²) in [5, 5.41) is 0. The summed E-state index contributed by atoms with van der Waals surface area (Å²) >= 11 is 0. The van der Waals surface area contributed by atoms with Gasteiger partial charge in [-0.2, -0.15) is 0 Å². The average molecular weight is 146 g/mol. The van der Waals surface area contributed by atoms with Crippen LogP contribution >= 0.6 is 0 Å². The van der Waals surface area contributed by atoms with Crippen LogP contribution in [0.1, 0.15) is 6.92 Å². The van der Waals surface area contributed by atoms with E-state index in [4.69, 9.17) is 5.73 Å². The summed E-state index contributed by atoms with van der Waals surface area (Å²) in [4.78, 5) is 12.1. The zero-order valence-electron chi connectivity index (χ0n) is 6.63. The number of hydrogen-bond acceptors (Lipinski definition) is 3. The number of likely N-dealkylation sites (N-methyl/N-ethyl adjacent to an activating group) is 1. The van der Waals surface area contributed by atoms with Crippen molar-refractivity contribution in [2.24, 2.45) is 5.73 Å². The summed E-state index contributed by atoms with van der Waals surface area (Å²) < 4.78 is 4.66. The van der Waals surface area contributed by atoms with Gasteiger partial charge < -0.3 is 15.4 Å². The largest absolute Gasteiger partial charge is 0.445 e. The normalized spacial score (nSPS) is 13.2. The second-order valence-corrected chi connectivity index (χ2v) is 2.51. The van der Waals surface area contributed by atoms with Crippen LogP contribution < -0.4 is 5.73 Å². The van der Waals surface area contributed by atoms with E-state index < -0.39 is 6.09 Å². The van der Waals surface area contributed by atoms with Crippen LogP contribution in [0.25, 0.3) is 0 Å². The molecule has 10 heavy (non-hydrogen) atoms. The van der Waals surface area contributed by atoms with E-state index in [1.807, 2.05) is 19.0 Å². The maximum Gasteiger partial charge on any atom is 0.404 e. The monoisotopic (exact) mass is 146 g/mol. The molecule has 0 saturated heterocycles. The Morgan fingerprint density at radius 2 is 2.20 bits per heavy atom. The molecule has 0 radical (unpaired) electrons. The summed E-state index contributed by atoms with van der Waals surface area (Å²) in [5.41, 5.74) is 4.79. The molecule has 0 spiro atoms. The molecule has 0 aliphatic rings. The average Bonchev–Trinajstić information content (AvgIpc) is 1.58. The molecular formula is C6H14N2O2. The highest BCUT2D eigenvalue weighted by Gasteiger charge is 2.05. The van der Waals surface area contributed by atoms with E-state index in [9.17, 15) is 4.79 Å². The third kappa shape index (κ3) is 5.37. The molecule has 0 bridgehead atoms. The predicted octanol–water partition coefficient (Wildman–Crippen LogP) is 0.0318. The highest BCUT2D eigenvalue weighted by atomic mass is 16.6. The van der Waals surface area contributed by atoms with Crippen LogP contribution in [0, 0.1) is 0 Å². The number of nitrogens with zero attached hydrogens (tertiary/aromatic N) is 1. The SMILES string of the molecule is CC(CN(C)C)OC(N)=O. The van der Waals surface area contributed by atoms with Gasteiger partial charge in [-0.3, -0.25) is 0 Å². The van der Waals surface area contributed by atoms with E-state index >= 15 is 0 Å². The van der Waals surface area contributed by atoms with Crippen LogP contribution in [0.2, 0.25) is 0 Å². The van der Waals surface area contributed by atoms with Crippen molar-refractivity contribution in [1.29, 1.82) is 0 Å². The molecule has 0 saturated carbocycles. The molecule has 4 nitrogen and oxygen atoms in total. The summed E-state index contributed by atoms with van der Waals surface area (Å²) in [6, 6.07) is 0. The topological polar surface area (TPSA) is 55.6 Å². The van der Waals surface area contributed by atoms with Gasteiger partial charge in [-0.25, -0.2) is 4.79 Å². The molecular weight excluding hydrogens is 132 g/mol. The zero-order valence-corrected chi connectivity index (χ0v) is 6.63. The molecule has 0 aromatic heterocycles. The van der Waals surface area contributed by atoms with E-state index in [0.717, 1.165) is 0 Å². The Kier molecular flexibility index (Phi) is 3.79. The Bertz CT molecular complexity index is 114. The zero-order chi connectivity index (χ0) is 8.15. The van der Waals surface area contributed by atoms with Crippen molar-refractivity contribution in [3.05, 3.63) is 0 Å². The molecule has 1 unspecified atom stereocenters. The predicted molar refractivity (Wildman–Crippen MR) is 38.7 cm³/mol. The maximum atomic E-state index is 10.2. The van der Waals surface area contributed by atoms with Gasteiger partial charge in [0.15, 0.2) is 0 Å². The van der Waals surface area contributed by atoms with Crippen LogP contribution in [-0.4, -0.2) is 37.7 Å².